The van der Waals surface area contributed by atoms with E-state index >= 15 is 0 Å². The number of anilines is 4. The molecule has 0 atom stereocenters. The van der Waals surface area contributed by atoms with Gasteiger partial charge in [0.2, 0.25) is 0 Å². The van der Waals surface area contributed by atoms with Crippen molar-refractivity contribution in [3.05, 3.63) is 30.0 Å². The van der Waals surface area contributed by atoms with Crippen LogP contribution in [-0.4, -0.2) is 47.9 Å². The summed E-state index contributed by atoms with van der Waals surface area (Å²) in [7, 11) is 3.30. The van der Waals surface area contributed by atoms with Crippen LogP contribution in [0.2, 0.25) is 0 Å². The second-order valence-corrected chi connectivity index (χ2v) is 6.09. The molecule has 10 heteroatoms. The second kappa shape index (κ2) is 7.47. The minimum absolute atomic E-state index is 0.368. The first-order chi connectivity index (χ1) is 14.1. The lowest BCUT2D eigenvalue weighted by atomic mass is 10.1. The van der Waals surface area contributed by atoms with E-state index in [1.54, 1.807) is 29.8 Å². The van der Waals surface area contributed by atoms with Crippen LogP contribution in [0.15, 0.2) is 24.4 Å². The van der Waals surface area contributed by atoms with Crippen molar-refractivity contribution in [2.75, 3.05) is 43.3 Å². The first-order valence-electron chi connectivity index (χ1n) is 8.85. The third kappa shape index (κ3) is 3.41. The highest BCUT2D eigenvalue weighted by Crippen LogP contribution is 2.40. The van der Waals surface area contributed by atoms with Crippen LogP contribution in [0.3, 0.4) is 0 Å². The molecule has 0 unspecified atom stereocenters. The molecule has 0 saturated heterocycles. The van der Waals surface area contributed by atoms with E-state index < -0.39 is 0 Å². The Bertz CT molecular complexity index is 1130. The highest BCUT2D eigenvalue weighted by molar-refractivity contribution is 5.93. The Labute approximate surface area is 166 Å². The number of fused-ring (bicyclic) bond motifs is 2. The maximum atomic E-state index is 11.7. The Morgan fingerprint density at radius 1 is 1.21 bits per heavy atom. The summed E-state index contributed by atoms with van der Waals surface area (Å²) in [5, 5.41) is 15.8. The third-order valence-corrected chi connectivity index (χ3v) is 4.27. The standard InChI is InChI=1S/C19H19N7O3/c1-4-11-7-12(17-14(8-11)28-5-6-29-17)23-15-9-16(20-2)26-18(25-15)13(10-22-26)24-19(27)21-3/h1,7-10,20H,5-6H2,2-3H3,(H,23,25)(H2,21,24,27). The molecule has 0 bridgehead atoms. The summed E-state index contributed by atoms with van der Waals surface area (Å²) in [6, 6.07) is 4.96. The fraction of sp³-hybridized carbons (Fsp3) is 0.211. The summed E-state index contributed by atoms with van der Waals surface area (Å²) in [6.45, 7) is 0.896. The van der Waals surface area contributed by atoms with Crippen LogP contribution in [0.4, 0.5) is 27.8 Å². The molecule has 0 saturated carbocycles. The van der Waals surface area contributed by atoms with Crippen molar-refractivity contribution >= 4 is 34.7 Å². The first kappa shape index (κ1) is 18.2. The molecule has 1 aliphatic rings. The fourth-order valence-corrected chi connectivity index (χ4v) is 2.95. The van der Waals surface area contributed by atoms with Gasteiger partial charge in [0.25, 0.3) is 0 Å². The van der Waals surface area contributed by atoms with Crippen molar-refractivity contribution in [2.45, 2.75) is 0 Å². The van der Waals surface area contributed by atoms with Crippen LogP contribution in [-0.2, 0) is 0 Å². The number of ether oxygens (including phenoxy) is 2. The van der Waals surface area contributed by atoms with Gasteiger partial charge < -0.3 is 30.7 Å². The predicted molar refractivity (Wildman–Crippen MR) is 109 cm³/mol. The van der Waals surface area contributed by atoms with Gasteiger partial charge in [-0.15, -0.1) is 6.42 Å². The van der Waals surface area contributed by atoms with Crippen LogP contribution >= 0.6 is 0 Å². The fourth-order valence-electron chi connectivity index (χ4n) is 2.95. The van der Waals surface area contributed by atoms with Gasteiger partial charge in [-0.1, -0.05) is 5.92 Å². The number of carbonyl (C=O) groups is 1. The molecule has 2 amide bonds. The highest BCUT2D eigenvalue weighted by atomic mass is 16.6. The number of nitrogens with one attached hydrogen (secondary N) is 4. The van der Waals surface area contributed by atoms with E-state index in [2.05, 4.69) is 37.3 Å². The number of amides is 2. The zero-order valence-corrected chi connectivity index (χ0v) is 15.9. The van der Waals surface area contributed by atoms with Crippen molar-refractivity contribution in [3.8, 4) is 23.8 Å². The maximum absolute atomic E-state index is 11.7. The largest absolute Gasteiger partial charge is 0.486 e. The lowest BCUT2D eigenvalue weighted by Gasteiger charge is -2.22. The Hall–Kier alpha value is -4.13. The lowest BCUT2D eigenvalue weighted by Crippen LogP contribution is -2.24. The molecule has 3 aromatic rings. The summed E-state index contributed by atoms with van der Waals surface area (Å²) in [4.78, 5) is 16.3. The van der Waals surface area contributed by atoms with Gasteiger partial charge in [0.15, 0.2) is 17.1 Å². The van der Waals surface area contributed by atoms with Gasteiger partial charge >= 0.3 is 6.03 Å². The number of urea groups is 1. The Kier molecular flexibility index (Phi) is 4.70. The van der Waals surface area contributed by atoms with Crippen LogP contribution in [0, 0.1) is 12.3 Å². The predicted octanol–water partition coefficient (Wildman–Crippen LogP) is 2.02. The Morgan fingerprint density at radius 2 is 2.03 bits per heavy atom. The topological polar surface area (TPSA) is 114 Å². The van der Waals surface area contributed by atoms with E-state index in [0.29, 0.717) is 58.9 Å². The molecular weight excluding hydrogens is 374 g/mol. The van der Waals surface area contributed by atoms with Crippen molar-refractivity contribution in [3.63, 3.8) is 0 Å². The number of benzene rings is 1. The molecule has 0 fully saturated rings. The molecule has 4 rings (SSSR count). The Balaban J connectivity index is 1.78. The molecule has 0 aliphatic carbocycles. The monoisotopic (exact) mass is 393 g/mol. The number of terminal acetylenes is 1. The minimum Gasteiger partial charge on any atom is -0.486 e. The smallest absolute Gasteiger partial charge is 0.319 e. The van der Waals surface area contributed by atoms with Crippen molar-refractivity contribution in [1.29, 1.82) is 0 Å². The van der Waals surface area contributed by atoms with Gasteiger partial charge in [0, 0.05) is 25.7 Å². The van der Waals surface area contributed by atoms with E-state index in [9.17, 15) is 4.79 Å². The first-order valence-corrected chi connectivity index (χ1v) is 8.85. The van der Waals surface area contributed by atoms with Gasteiger partial charge in [-0.3, -0.25) is 0 Å². The quantitative estimate of drug-likeness (QED) is 0.502. The molecule has 29 heavy (non-hydrogen) atoms. The number of nitrogens with zero attached hydrogens (tertiary/aromatic N) is 3. The number of carbonyl (C=O) groups excluding carboxylic acids is 1. The molecule has 3 heterocycles. The number of aromatic nitrogens is 3. The summed E-state index contributed by atoms with van der Waals surface area (Å²) < 4.78 is 13.0. The summed E-state index contributed by atoms with van der Waals surface area (Å²) in [5.41, 5.74) is 2.21. The van der Waals surface area contributed by atoms with Gasteiger partial charge in [0.1, 0.15) is 30.5 Å². The van der Waals surface area contributed by atoms with E-state index in [-0.39, 0.29) is 6.03 Å². The van der Waals surface area contributed by atoms with E-state index in [1.165, 1.54) is 13.2 Å². The van der Waals surface area contributed by atoms with Crippen LogP contribution in [0.5, 0.6) is 11.5 Å². The maximum Gasteiger partial charge on any atom is 0.319 e. The third-order valence-electron chi connectivity index (χ3n) is 4.27. The Morgan fingerprint density at radius 3 is 2.79 bits per heavy atom. The van der Waals surface area contributed by atoms with E-state index in [1.807, 2.05) is 0 Å². The van der Waals surface area contributed by atoms with E-state index in [4.69, 9.17) is 15.9 Å². The van der Waals surface area contributed by atoms with Crippen LogP contribution in [0.25, 0.3) is 5.65 Å². The van der Waals surface area contributed by atoms with Gasteiger partial charge in [-0.2, -0.15) is 9.61 Å². The molecule has 0 radical (unpaired) electrons. The molecule has 10 nitrogen and oxygen atoms in total. The molecule has 0 spiro atoms. The van der Waals surface area contributed by atoms with Gasteiger partial charge in [-0.05, 0) is 12.1 Å². The van der Waals surface area contributed by atoms with Crippen molar-refractivity contribution in [1.82, 2.24) is 19.9 Å². The average Bonchev–Trinajstić information content (AvgIpc) is 3.15. The molecular formula is C19H19N7O3. The zero-order chi connectivity index (χ0) is 20.4. The zero-order valence-electron chi connectivity index (χ0n) is 15.9. The van der Waals surface area contributed by atoms with E-state index in [0.717, 1.165) is 0 Å². The van der Waals surface area contributed by atoms with Gasteiger partial charge in [0.05, 0.1) is 11.9 Å². The number of hydrogen-bond donors (Lipinski definition) is 4. The minimum atomic E-state index is -0.368. The lowest BCUT2D eigenvalue weighted by molar-refractivity contribution is 0.172. The number of hydrogen-bond acceptors (Lipinski definition) is 7. The summed E-state index contributed by atoms with van der Waals surface area (Å²) in [6.07, 6.45) is 7.10. The van der Waals surface area contributed by atoms with Crippen molar-refractivity contribution < 1.29 is 14.3 Å². The molecule has 4 N–H and O–H groups in total. The van der Waals surface area contributed by atoms with Crippen LogP contribution in [0.1, 0.15) is 5.56 Å². The molecule has 1 aromatic carbocycles. The molecule has 1 aliphatic heterocycles. The summed E-state index contributed by atoms with van der Waals surface area (Å²) >= 11 is 0. The highest BCUT2D eigenvalue weighted by Gasteiger charge is 2.19. The normalized spacial score (nSPS) is 12.2. The summed E-state index contributed by atoms with van der Waals surface area (Å²) in [5.74, 6) is 4.94. The van der Waals surface area contributed by atoms with Gasteiger partial charge in [-0.25, -0.2) is 9.78 Å². The average molecular weight is 393 g/mol. The van der Waals surface area contributed by atoms with Crippen LogP contribution < -0.4 is 30.7 Å². The van der Waals surface area contributed by atoms with Crippen molar-refractivity contribution in [2.24, 2.45) is 0 Å². The molecule has 2 aromatic heterocycles. The SMILES string of the molecule is C#Cc1cc(Nc2cc(NC)n3ncc(NC(=O)NC)c3n2)c2c(c1)OCCO2. The molecule has 148 valence electrons. The number of rotatable bonds is 4. The second-order valence-electron chi connectivity index (χ2n) is 6.09.